The van der Waals surface area contributed by atoms with Crippen LogP contribution in [0.2, 0.25) is 0 Å². The number of carbonyl (C=O) groups excluding carboxylic acids is 1. The second-order valence-corrected chi connectivity index (χ2v) is 3.37. The van der Waals surface area contributed by atoms with Crippen molar-refractivity contribution >= 4 is 11.9 Å². The van der Waals surface area contributed by atoms with Crippen LogP contribution in [-0.2, 0) is 14.3 Å². The third-order valence-corrected chi connectivity index (χ3v) is 1.80. The smallest absolute Gasteiger partial charge is 0.331 e. The highest BCUT2D eigenvalue weighted by molar-refractivity contribution is 5.86. The molecule has 1 amide bonds. The van der Waals surface area contributed by atoms with Gasteiger partial charge in [0.15, 0.2) is 5.54 Å². The summed E-state index contributed by atoms with van der Waals surface area (Å²) >= 11 is 0. The largest absolute Gasteiger partial charge is 0.479 e. The van der Waals surface area contributed by atoms with E-state index in [1.54, 1.807) is 0 Å². The van der Waals surface area contributed by atoms with Gasteiger partial charge in [0.25, 0.3) is 0 Å². The first-order valence-electron chi connectivity index (χ1n) is 4.49. The van der Waals surface area contributed by atoms with E-state index >= 15 is 0 Å². The Morgan fingerprint density at radius 1 is 1.50 bits per heavy atom. The number of carboxylic acid groups (broad SMARTS) is 1. The minimum Gasteiger partial charge on any atom is -0.479 e. The molecule has 5 nitrogen and oxygen atoms in total. The van der Waals surface area contributed by atoms with Crippen LogP contribution >= 0.6 is 0 Å². The van der Waals surface area contributed by atoms with E-state index < -0.39 is 11.5 Å². The summed E-state index contributed by atoms with van der Waals surface area (Å²) in [5.41, 5.74) is -1.33. The van der Waals surface area contributed by atoms with Crippen molar-refractivity contribution in [2.24, 2.45) is 0 Å². The fraction of sp³-hybridized carbons (Fsp3) is 0.778. The van der Waals surface area contributed by atoms with Crippen molar-refractivity contribution in [2.45, 2.75) is 32.2 Å². The van der Waals surface area contributed by atoms with Gasteiger partial charge < -0.3 is 15.2 Å². The summed E-state index contributed by atoms with van der Waals surface area (Å²) in [5.74, 6) is -1.36. The van der Waals surface area contributed by atoms with Crippen LogP contribution in [0.1, 0.15) is 26.7 Å². The van der Waals surface area contributed by atoms with Crippen molar-refractivity contribution in [2.75, 3.05) is 13.7 Å². The molecule has 0 aliphatic heterocycles. The lowest BCUT2D eigenvalue weighted by molar-refractivity contribution is -0.149. The molecule has 0 bridgehead atoms. The molecule has 0 saturated carbocycles. The van der Waals surface area contributed by atoms with E-state index in [0.717, 1.165) is 0 Å². The number of amides is 1. The van der Waals surface area contributed by atoms with Crippen molar-refractivity contribution < 1.29 is 19.4 Å². The third-order valence-electron chi connectivity index (χ3n) is 1.80. The van der Waals surface area contributed by atoms with E-state index in [1.165, 1.54) is 14.0 Å². The van der Waals surface area contributed by atoms with Crippen LogP contribution in [0, 0.1) is 0 Å². The van der Waals surface area contributed by atoms with Gasteiger partial charge in [0.1, 0.15) is 0 Å². The van der Waals surface area contributed by atoms with Gasteiger partial charge in [-0.3, -0.25) is 4.79 Å². The molecule has 82 valence electrons. The van der Waals surface area contributed by atoms with Gasteiger partial charge >= 0.3 is 5.97 Å². The molecule has 5 heteroatoms. The van der Waals surface area contributed by atoms with Gasteiger partial charge in [-0.15, -0.1) is 0 Å². The van der Waals surface area contributed by atoms with Crippen LogP contribution in [0.4, 0.5) is 0 Å². The maximum absolute atomic E-state index is 11.2. The van der Waals surface area contributed by atoms with Crippen molar-refractivity contribution in [3.05, 3.63) is 0 Å². The molecule has 0 aromatic carbocycles. The van der Waals surface area contributed by atoms with Gasteiger partial charge in [0, 0.05) is 13.5 Å². The van der Waals surface area contributed by atoms with E-state index in [0.29, 0.717) is 12.8 Å². The van der Waals surface area contributed by atoms with Gasteiger partial charge in [-0.1, -0.05) is 6.92 Å². The van der Waals surface area contributed by atoms with E-state index in [-0.39, 0.29) is 12.5 Å². The molecule has 0 aromatic rings. The summed E-state index contributed by atoms with van der Waals surface area (Å²) in [6, 6.07) is 0. The number of nitrogens with one attached hydrogen (secondary N) is 1. The zero-order valence-corrected chi connectivity index (χ0v) is 8.79. The summed E-state index contributed by atoms with van der Waals surface area (Å²) < 4.78 is 4.75. The highest BCUT2D eigenvalue weighted by atomic mass is 16.5. The summed E-state index contributed by atoms with van der Waals surface area (Å²) in [5, 5.41) is 11.3. The SMILES string of the molecule is CCCC(=O)NC(C)(COC)C(=O)O. The molecule has 1 atom stereocenters. The third kappa shape index (κ3) is 3.74. The molecule has 0 radical (unpaired) electrons. The maximum Gasteiger partial charge on any atom is 0.331 e. The molecule has 1 unspecified atom stereocenters. The molecule has 0 spiro atoms. The number of methoxy groups -OCH3 is 1. The number of carboxylic acids is 1. The molecule has 0 aliphatic carbocycles. The summed E-state index contributed by atoms with van der Waals surface area (Å²) in [6.07, 6.45) is 1.01. The number of rotatable bonds is 6. The van der Waals surface area contributed by atoms with Crippen LogP contribution in [0.15, 0.2) is 0 Å². The summed E-state index contributed by atoms with van der Waals surface area (Å²) in [6.45, 7) is 3.23. The van der Waals surface area contributed by atoms with E-state index in [1.807, 2.05) is 6.92 Å². The topological polar surface area (TPSA) is 75.6 Å². The molecule has 0 aliphatic rings. The molecule has 0 rings (SSSR count). The summed E-state index contributed by atoms with van der Waals surface area (Å²) in [4.78, 5) is 22.1. The van der Waals surface area contributed by atoms with Gasteiger partial charge in [0.2, 0.25) is 5.91 Å². The number of carbonyl (C=O) groups is 2. The second-order valence-electron chi connectivity index (χ2n) is 3.37. The average Bonchev–Trinajstić information content (AvgIpc) is 2.04. The molecule has 0 heterocycles. The van der Waals surface area contributed by atoms with Crippen molar-refractivity contribution in [3.8, 4) is 0 Å². The first-order valence-corrected chi connectivity index (χ1v) is 4.49. The van der Waals surface area contributed by atoms with Gasteiger partial charge in [-0.2, -0.15) is 0 Å². The quantitative estimate of drug-likeness (QED) is 0.655. The minimum absolute atomic E-state index is 0.0439. The first kappa shape index (κ1) is 12.9. The number of aliphatic carboxylic acids is 1. The molecular formula is C9H17NO4. The molecule has 2 N–H and O–H groups in total. The van der Waals surface area contributed by atoms with Gasteiger partial charge in [-0.05, 0) is 13.3 Å². The zero-order chi connectivity index (χ0) is 11.2. The van der Waals surface area contributed by atoms with Crippen LogP contribution in [0.25, 0.3) is 0 Å². The zero-order valence-electron chi connectivity index (χ0n) is 8.79. The lowest BCUT2D eigenvalue weighted by Gasteiger charge is -2.25. The maximum atomic E-state index is 11.2. The average molecular weight is 203 g/mol. The summed E-state index contributed by atoms with van der Waals surface area (Å²) in [7, 11) is 1.40. The van der Waals surface area contributed by atoms with Gasteiger partial charge in [0.05, 0.1) is 6.61 Å². The molecule has 0 aromatic heterocycles. The molecule has 0 saturated heterocycles. The normalized spacial score (nSPS) is 14.5. The van der Waals surface area contributed by atoms with Crippen molar-refractivity contribution in [1.82, 2.24) is 5.32 Å². The second kappa shape index (κ2) is 5.59. The molecular weight excluding hydrogens is 186 g/mol. The Balaban J connectivity index is 4.36. The highest BCUT2D eigenvalue weighted by Crippen LogP contribution is 2.05. The van der Waals surface area contributed by atoms with E-state index in [4.69, 9.17) is 9.84 Å². The monoisotopic (exact) mass is 203 g/mol. The van der Waals surface area contributed by atoms with Crippen LogP contribution < -0.4 is 5.32 Å². The lowest BCUT2D eigenvalue weighted by Crippen LogP contribution is -2.55. The Morgan fingerprint density at radius 2 is 2.07 bits per heavy atom. The fourth-order valence-electron chi connectivity index (χ4n) is 1.04. The predicted octanol–water partition coefficient (Wildman–Crippen LogP) is 0.392. The Bertz CT molecular complexity index is 217. The van der Waals surface area contributed by atoms with Crippen molar-refractivity contribution in [1.29, 1.82) is 0 Å². The Morgan fingerprint density at radius 3 is 2.43 bits per heavy atom. The lowest BCUT2D eigenvalue weighted by atomic mass is 10.0. The standard InChI is InChI=1S/C9H17NO4/c1-4-5-7(11)10-9(2,6-14-3)8(12)13/h4-6H2,1-3H3,(H,10,11)(H,12,13). The first-order chi connectivity index (χ1) is 6.46. The number of ether oxygens (including phenoxy) is 1. The van der Waals surface area contributed by atoms with Crippen LogP contribution in [0.3, 0.4) is 0 Å². The van der Waals surface area contributed by atoms with Crippen molar-refractivity contribution in [3.63, 3.8) is 0 Å². The highest BCUT2D eigenvalue weighted by Gasteiger charge is 2.34. The number of hydrogen-bond donors (Lipinski definition) is 2. The Labute approximate surface area is 83.4 Å². The van der Waals surface area contributed by atoms with Crippen LogP contribution in [0.5, 0.6) is 0 Å². The van der Waals surface area contributed by atoms with E-state index in [2.05, 4.69) is 5.32 Å². The fourth-order valence-corrected chi connectivity index (χ4v) is 1.04. The molecule has 14 heavy (non-hydrogen) atoms. The Kier molecular flexibility index (Phi) is 5.15. The van der Waals surface area contributed by atoms with Crippen LogP contribution in [-0.4, -0.2) is 36.2 Å². The Hall–Kier alpha value is -1.10. The molecule has 0 fully saturated rings. The van der Waals surface area contributed by atoms with E-state index in [9.17, 15) is 9.59 Å². The van der Waals surface area contributed by atoms with Gasteiger partial charge in [-0.25, -0.2) is 4.79 Å². The predicted molar refractivity (Wildman–Crippen MR) is 51.0 cm³/mol. The number of hydrogen-bond acceptors (Lipinski definition) is 3. The minimum atomic E-state index is -1.33.